The van der Waals surface area contributed by atoms with Crippen molar-refractivity contribution in [3.63, 3.8) is 0 Å². The highest BCUT2D eigenvalue weighted by Gasteiger charge is 2.22. The predicted octanol–water partition coefficient (Wildman–Crippen LogP) is 1.18. The first-order valence-electron chi connectivity index (χ1n) is 7.39. The summed E-state index contributed by atoms with van der Waals surface area (Å²) in [6.45, 7) is 2.80. The average molecular weight is 288 g/mol. The van der Waals surface area contributed by atoms with Gasteiger partial charge in [-0.15, -0.1) is 0 Å². The van der Waals surface area contributed by atoms with E-state index < -0.39 is 0 Å². The van der Waals surface area contributed by atoms with Crippen LogP contribution in [0.3, 0.4) is 0 Å². The number of rotatable bonds is 3. The summed E-state index contributed by atoms with van der Waals surface area (Å²) in [6.07, 6.45) is 2.95. The third-order valence-electron chi connectivity index (χ3n) is 4.03. The number of hydrogen-bond acceptors (Lipinski definition) is 3. The number of nitrogens with one attached hydrogen (secondary N) is 4. The topological polar surface area (TPSA) is 89.8 Å². The highest BCUT2D eigenvalue weighted by Crippen LogP contribution is 2.19. The van der Waals surface area contributed by atoms with E-state index in [4.69, 9.17) is 0 Å². The minimum atomic E-state index is -0.203. The van der Waals surface area contributed by atoms with Gasteiger partial charge in [-0.1, -0.05) is 6.07 Å². The number of amides is 1. The Labute approximate surface area is 122 Å². The van der Waals surface area contributed by atoms with Gasteiger partial charge in [0.15, 0.2) is 0 Å². The Morgan fingerprint density at radius 2 is 2.00 bits per heavy atom. The molecule has 4 N–H and O–H groups in total. The summed E-state index contributed by atoms with van der Waals surface area (Å²) in [5.41, 5.74) is 2.43. The van der Waals surface area contributed by atoms with E-state index in [0.29, 0.717) is 0 Å². The predicted molar refractivity (Wildman–Crippen MR) is 81.1 cm³/mol. The zero-order valence-electron chi connectivity index (χ0n) is 12.0. The maximum atomic E-state index is 12.0. The molecule has 0 saturated carbocycles. The molecule has 1 fully saturated rings. The van der Waals surface area contributed by atoms with E-state index in [-0.39, 0.29) is 23.7 Å². The molecule has 0 bridgehead atoms. The van der Waals surface area contributed by atoms with E-state index in [1.54, 1.807) is 0 Å². The Morgan fingerprint density at radius 1 is 1.19 bits per heavy atom. The van der Waals surface area contributed by atoms with Crippen molar-refractivity contribution < 1.29 is 4.79 Å². The first kappa shape index (κ1) is 13.9. The number of H-pyrrole nitrogens is 2. The zero-order valence-corrected chi connectivity index (χ0v) is 12.0. The third kappa shape index (κ3) is 3.00. The van der Waals surface area contributed by atoms with Crippen molar-refractivity contribution in [3.8, 4) is 0 Å². The fourth-order valence-corrected chi connectivity index (χ4v) is 2.82. The van der Waals surface area contributed by atoms with Crippen LogP contribution >= 0.6 is 0 Å². The van der Waals surface area contributed by atoms with Gasteiger partial charge in [-0.05, 0) is 43.9 Å². The van der Waals surface area contributed by atoms with E-state index in [2.05, 4.69) is 20.6 Å². The largest absolute Gasteiger partial charge is 0.355 e. The van der Waals surface area contributed by atoms with Gasteiger partial charge in [0.25, 0.3) is 0 Å². The summed E-state index contributed by atoms with van der Waals surface area (Å²) in [7, 11) is 0. The molecular weight excluding hydrogens is 268 g/mol. The van der Waals surface area contributed by atoms with Crippen LogP contribution in [0.1, 0.15) is 37.8 Å². The molecule has 2 atom stereocenters. The molecule has 1 aromatic heterocycles. The van der Waals surface area contributed by atoms with E-state index in [1.165, 1.54) is 0 Å². The second-order valence-corrected chi connectivity index (χ2v) is 5.61. The van der Waals surface area contributed by atoms with E-state index in [1.807, 2.05) is 25.1 Å². The number of carbonyl (C=O) groups excluding carboxylic acids is 1. The van der Waals surface area contributed by atoms with Crippen LogP contribution in [0.5, 0.6) is 0 Å². The molecule has 2 aromatic rings. The zero-order chi connectivity index (χ0) is 14.8. The van der Waals surface area contributed by atoms with Crippen molar-refractivity contribution in [2.45, 2.75) is 38.3 Å². The minimum absolute atomic E-state index is 0.0432. The lowest BCUT2D eigenvalue weighted by atomic mass is 10.0. The van der Waals surface area contributed by atoms with Crippen LogP contribution in [-0.2, 0) is 4.79 Å². The van der Waals surface area contributed by atoms with Gasteiger partial charge in [-0.25, -0.2) is 4.79 Å². The molecule has 2 heterocycles. The second kappa shape index (κ2) is 5.73. The molecule has 1 aliphatic heterocycles. The summed E-state index contributed by atoms with van der Waals surface area (Å²) in [6, 6.07) is 5.69. The second-order valence-electron chi connectivity index (χ2n) is 5.61. The van der Waals surface area contributed by atoms with Crippen LogP contribution in [0.2, 0.25) is 0 Å². The van der Waals surface area contributed by atoms with Gasteiger partial charge >= 0.3 is 5.69 Å². The number of hydrogen-bond donors (Lipinski definition) is 4. The Balaban J connectivity index is 1.77. The highest BCUT2D eigenvalue weighted by molar-refractivity contribution is 5.82. The summed E-state index contributed by atoms with van der Waals surface area (Å²) >= 11 is 0. The number of benzene rings is 1. The molecular formula is C15H20N4O2. The Hall–Kier alpha value is -2.08. The number of aromatic nitrogens is 2. The maximum Gasteiger partial charge on any atom is 0.323 e. The van der Waals surface area contributed by atoms with Crippen LogP contribution in [0.15, 0.2) is 23.0 Å². The van der Waals surface area contributed by atoms with Gasteiger partial charge in [0.2, 0.25) is 5.91 Å². The van der Waals surface area contributed by atoms with Crippen molar-refractivity contribution >= 4 is 16.9 Å². The lowest BCUT2D eigenvalue weighted by molar-refractivity contribution is -0.123. The maximum absolute atomic E-state index is 12.0. The third-order valence-corrected chi connectivity index (χ3v) is 4.03. The molecule has 6 nitrogen and oxygen atoms in total. The molecule has 1 aromatic carbocycles. The van der Waals surface area contributed by atoms with Gasteiger partial charge in [-0.3, -0.25) is 10.1 Å². The summed E-state index contributed by atoms with van der Waals surface area (Å²) in [4.78, 5) is 28.7. The summed E-state index contributed by atoms with van der Waals surface area (Å²) < 4.78 is 0. The molecule has 1 saturated heterocycles. The van der Waals surface area contributed by atoms with Crippen LogP contribution in [0.25, 0.3) is 11.0 Å². The molecule has 3 rings (SSSR count). The number of aromatic amines is 2. The standard InChI is InChI=1S/C15H20N4O2/c1-9(17-12-4-2-3-7-16-14(12)20)10-5-6-11-13(8-10)19-15(21)18-11/h5-6,8-9,12,17H,2-4,7H2,1H3,(H,16,20)(H2,18,19,21). The van der Waals surface area contributed by atoms with Gasteiger partial charge < -0.3 is 15.3 Å². The van der Waals surface area contributed by atoms with Crippen LogP contribution in [-0.4, -0.2) is 28.5 Å². The van der Waals surface area contributed by atoms with Gasteiger partial charge in [0, 0.05) is 12.6 Å². The fourth-order valence-electron chi connectivity index (χ4n) is 2.82. The minimum Gasteiger partial charge on any atom is -0.355 e. The monoisotopic (exact) mass is 288 g/mol. The Bertz CT molecular complexity index is 703. The highest BCUT2D eigenvalue weighted by atomic mass is 16.2. The summed E-state index contributed by atoms with van der Waals surface area (Å²) in [5.74, 6) is 0.0791. The number of fused-ring (bicyclic) bond motifs is 1. The van der Waals surface area contributed by atoms with E-state index in [0.717, 1.165) is 42.4 Å². The quantitative estimate of drug-likeness (QED) is 0.683. The first-order valence-corrected chi connectivity index (χ1v) is 7.39. The van der Waals surface area contributed by atoms with Crippen LogP contribution in [0, 0.1) is 0 Å². The molecule has 112 valence electrons. The van der Waals surface area contributed by atoms with Crippen molar-refractivity contribution in [1.29, 1.82) is 0 Å². The summed E-state index contributed by atoms with van der Waals surface area (Å²) in [5, 5.41) is 6.31. The van der Waals surface area contributed by atoms with Gasteiger partial charge in [-0.2, -0.15) is 0 Å². The van der Waals surface area contributed by atoms with Crippen LogP contribution < -0.4 is 16.3 Å². The van der Waals surface area contributed by atoms with E-state index >= 15 is 0 Å². The lowest BCUT2D eigenvalue weighted by Crippen LogP contribution is -2.43. The molecule has 0 spiro atoms. The van der Waals surface area contributed by atoms with Crippen molar-refractivity contribution in [2.75, 3.05) is 6.54 Å². The number of carbonyl (C=O) groups is 1. The smallest absolute Gasteiger partial charge is 0.323 e. The average Bonchev–Trinajstić information content (AvgIpc) is 2.72. The molecule has 0 aliphatic carbocycles. The normalized spacial score (nSPS) is 21.0. The first-order chi connectivity index (χ1) is 10.1. The molecule has 1 aliphatic rings. The molecule has 2 unspecified atom stereocenters. The van der Waals surface area contributed by atoms with Crippen molar-refractivity contribution in [2.24, 2.45) is 0 Å². The molecule has 0 radical (unpaired) electrons. The number of imidazole rings is 1. The van der Waals surface area contributed by atoms with Gasteiger partial charge in [0.05, 0.1) is 17.1 Å². The van der Waals surface area contributed by atoms with Crippen molar-refractivity contribution in [3.05, 3.63) is 34.2 Å². The molecule has 1 amide bonds. The molecule has 21 heavy (non-hydrogen) atoms. The Kier molecular flexibility index (Phi) is 3.79. The van der Waals surface area contributed by atoms with Crippen molar-refractivity contribution in [1.82, 2.24) is 20.6 Å². The lowest BCUT2D eigenvalue weighted by Gasteiger charge is -2.21. The Morgan fingerprint density at radius 3 is 2.86 bits per heavy atom. The van der Waals surface area contributed by atoms with Gasteiger partial charge in [0.1, 0.15) is 0 Å². The fraction of sp³-hybridized carbons (Fsp3) is 0.467. The van der Waals surface area contributed by atoms with E-state index in [9.17, 15) is 9.59 Å². The SMILES string of the molecule is CC(NC1CCCCNC1=O)c1ccc2[nH]c(=O)[nH]c2c1. The molecule has 6 heteroatoms. The van der Waals surface area contributed by atoms with Crippen LogP contribution in [0.4, 0.5) is 0 Å².